The van der Waals surface area contributed by atoms with Gasteiger partial charge in [0.15, 0.2) is 23.5 Å². The first-order valence-electron chi connectivity index (χ1n) is 15.5. The number of carboxylic acids is 1. The summed E-state index contributed by atoms with van der Waals surface area (Å²) >= 11 is 0. The second-order valence-electron chi connectivity index (χ2n) is 11.2. The zero-order valence-corrected chi connectivity index (χ0v) is 27.0. The smallest absolute Gasteiger partial charge is 0.417 e. The molecule has 3 N–H and O–H groups in total. The Balaban J connectivity index is 1.43. The van der Waals surface area contributed by atoms with E-state index in [9.17, 15) is 36.3 Å². The van der Waals surface area contributed by atoms with E-state index >= 15 is 0 Å². The summed E-state index contributed by atoms with van der Waals surface area (Å²) in [5, 5.41) is 16.7. The molecule has 0 saturated heterocycles. The maximum absolute atomic E-state index is 14.5. The lowest BCUT2D eigenvalue weighted by Gasteiger charge is -2.29. The number of ether oxygens (including phenoxy) is 2. The Labute approximate surface area is 286 Å². The van der Waals surface area contributed by atoms with E-state index in [1.807, 2.05) is 6.92 Å². The number of amides is 1. The normalized spacial score (nSPS) is 13.7. The van der Waals surface area contributed by atoms with E-state index in [0.717, 1.165) is 24.5 Å². The Hall–Kier alpha value is -5.94. The summed E-state index contributed by atoms with van der Waals surface area (Å²) in [5.41, 5.74) is -0.870. The Morgan fingerprint density at radius 1 is 1.08 bits per heavy atom. The van der Waals surface area contributed by atoms with Crippen molar-refractivity contribution in [2.45, 2.75) is 51.5 Å². The number of nitrogens with zero attached hydrogens (tertiary/aromatic N) is 5. The van der Waals surface area contributed by atoms with Crippen molar-refractivity contribution in [1.29, 1.82) is 0 Å². The van der Waals surface area contributed by atoms with Gasteiger partial charge in [-0.05, 0) is 43.7 Å². The molecule has 13 nitrogen and oxygen atoms in total. The topological polar surface area (TPSA) is 172 Å². The summed E-state index contributed by atoms with van der Waals surface area (Å²) in [6.07, 6.45) is -1.07. The third-order valence-electron chi connectivity index (χ3n) is 7.51. The maximum atomic E-state index is 14.5. The molecule has 5 rings (SSSR count). The second kappa shape index (κ2) is 15.3. The minimum Gasteiger partial charge on any atom is -0.494 e. The van der Waals surface area contributed by atoms with Crippen molar-refractivity contribution in [3.8, 4) is 28.5 Å². The number of halogens is 5. The largest absolute Gasteiger partial charge is 0.494 e. The van der Waals surface area contributed by atoms with E-state index in [1.54, 1.807) is 0 Å². The van der Waals surface area contributed by atoms with Gasteiger partial charge in [-0.15, -0.1) is 0 Å². The van der Waals surface area contributed by atoms with Crippen molar-refractivity contribution in [3.05, 3.63) is 82.9 Å². The zero-order chi connectivity index (χ0) is 36.9. The minimum absolute atomic E-state index is 0.00899. The molecule has 0 bridgehead atoms. The molecule has 2 atom stereocenters. The van der Waals surface area contributed by atoms with Gasteiger partial charge in [0.1, 0.15) is 29.9 Å². The number of imidazole rings is 1. The molecular weight excluding hydrogens is 685 g/mol. The molecule has 2 aromatic carbocycles. The fourth-order valence-electron chi connectivity index (χ4n) is 4.96. The third-order valence-corrected chi connectivity index (χ3v) is 7.51. The Morgan fingerprint density at radius 2 is 1.82 bits per heavy atom. The van der Waals surface area contributed by atoms with Gasteiger partial charge in [-0.3, -0.25) is 14.6 Å². The van der Waals surface area contributed by atoms with Crippen molar-refractivity contribution >= 4 is 24.1 Å². The predicted molar refractivity (Wildman–Crippen MR) is 169 cm³/mol. The number of alkyl halides is 3. The Kier molecular flexibility index (Phi) is 10.9. The van der Waals surface area contributed by atoms with E-state index in [2.05, 4.69) is 30.4 Å². The van der Waals surface area contributed by atoms with Gasteiger partial charge in [0, 0.05) is 23.5 Å². The molecule has 1 aliphatic rings. The van der Waals surface area contributed by atoms with E-state index in [-0.39, 0.29) is 59.4 Å². The molecule has 1 amide bonds. The van der Waals surface area contributed by atoms with Crippen LogP contribution in [-0.2, 0) is 31.8 Å². The van der Waals surface area contributed by atoms with Crippen LogP contribution in [0.15, 0.2) is 53.9 Å². The summed E-state index contributed by atoms with van der Waals surface area (Å²) in [6, 6.07) is 4.36. The molecule has 0 spiro atoms. The van der Waals surface area contributed by atoms with Crippen LogP contribution in [-0.4, -0.2) is 73.4 Å². The first-order valence-corrected chi connectivity index (χ1v) is 15.5. The average molecular weight is 716 g/mol. The van der Waals surface area contributed by atoms with Gasteiger partial charge in [0.05, 0.1) is 42.6 Å². The molecule has 1 aliphatic heterocycles. The van der Waals surface area contributed by atoms with Crippen LogP contribution in [0.3, 0.4) is 0 Å². The second-order valence-corrected chi connectivity index (χ2v) is 11.2. The molecule has 0 saturated carbocycles. The Morgan fingerprint density at radius 3 is 2.51 bits per heavy atom. The molecule has 0 fully saturated rings. The summed E-state index contributed by atoms with van der Waals surface area (Å²) < 4.78 is 81.3. The van der Waals surface area contributed by atoms with Crippen LogP contribution in [0, 0.1) is 11.6 Å². The number of carbonyl (C=O) groups is 3. The van der Waals surface area contributed by atoms with E-state index in [0.29, 0.717) is 12.1 Å². The van der Waals surface area contributed by atoms with E-state index in [1.165, 1.54) is 42.4 Å². The lowest BCUT2D eigenvalue weighted by Crippen LogP contribution is -2.39. The van der Waals surface area contributed by atoms with Crippen LogP contribution in [0.25, 0.3) is 22.8 Å². The van der Waals surface area contributed by atoms with Crippen LogP contribution in [0.1, 0.15) is 55.2 Å². The number of carbonyl (C=O) groups excluding carboxylic acids is 2. The van der Waals surface area contributed by atoms with E-state index < -0.39 is 59.9 Å². The monoisotopic (exact) mass is 715 g/mol. The number of H-pyrrole nitrogens is 1. The van der Waals surface area contributed by atoms with Crippen LogP contribution in [0.2, 0.25) is 0 Å². The van der Waals surface area contributed by atoms with Crippen molar-refractivity contribution in [2.75, 3.05) is 13.2 Å². The number of hydrogen-bond donors (Lipinski definition) is 3. The highest BCUT2D eigenvalue weighted by Crippen LogP contribution is 2.38. The molecule has 4 aromatic rings. The van der Waals surface area contributed by atoms with Crippen LogP contribution >= 0.6 is 0 Å². The van der Waals surface area contributed by atoms with Gasteiger partial charge in [0.25, 0.3) is 0 Å². The summed E-state index contributed by atoms with van der Waals surface area (Å²) in [5.74, 6) is -5.44. The number of nitrogens with one attached hydrogen (secondary N) is 2. The fraction of sp³-hybridized carbons (Fsp3) is 0.303. The van der Waals surface area contributed by atoms with Crippen molar-refractivity contribution in [2.24, 2.45) is 5.10 Å². The molecule has 3 heterocycles. The molecule has 18 heteroatoms. The summed E-state index contributed by atoms with van der Waals surface area (Å²) in [4.78, 5) is 52.1. The molecular formula is C33H30F5N7O6. The van der Waals surface area contributed by atoms with Crippen LogP contribution in [0.4, 0.5) is 22.0 Å². The van der Waals surface area contributed by atoms with Crippen molar-refractivity contribution in [1.82, 2.24) is 30.3 Å². The lowest BCUT2D eigenvalue weighted by atomic mass is 10.0. The number of esters is 1. The standard InChI is InChI=1S/C33H30F5N7O6/c1-3-10-50-19-7-8-20(22(12-19)33(36,37)38)29-39-13-18(14-40-29)28(32(49)51-11-9-26(46)42-17(2)31(47)48)45-16-25-24(15-41-45)43-30(44-25)21-5-4-6-23(34)27(21)35/h4-8,12-15,17,28H,3,9-11,16H2,1-2H3,(H,42,46)(H,43,44)(H,47,48). The predicted octanol–water partition coefficient (Wildman–Crippen LogP) is 5.03. The molecule has 51 heavy (non-hydrogen) atoms. The van der Waals surface area contributed by atoms with Crippen LogP contribution < -0.4 is 10.1 Å². The summed E-state index contributed by atoms with van der Waals surface area (Å²) in [6.45, 7) is 2.65. The number of aliphatic carboxylic acids is 1. The van der Waals surface area contributed by atoms with Crippen molar-refractivity contribution < 1.29 is 50.9 Å². The molecule has 268 valence electrons. The number of aromatic amines is 1. The van der Waals surface area contributed by atoms with E-state index in [4.69, 9.17) is 14.6 Å². The SMILES string of the molecule is CCCOc1ccc(-c2ncc(C(C(=O)OCCC(=O)NC(C)C(=O)O)N3Cc4[nH]c(-c5cccc(F)c5F)nc4C=N3)cn2)c(C(F)(F)F)c1. The number of hydrogen-bond acceptors (Lipinski definition) is 10. The number of rotatable bonds is 13. The van der Waals surface area contributed by atoms with Gasteiger partial charge >= 0.3 is 18.1 Å². The third kappa shape index (κ3) is 8.45. The van der Waals surface area contributed by atoms with Gasteiger partial charge in [-0.25, -0.2) is 28.5 Å². The summed E-state index contributed by atoms with van der Waals surface area (Å²) in [7, 11) is 0. The number of hydrazone groups is 1. The number of carboxylic acid groups (broad SMARTS) is 1. The van der Waals surface area contributed by atoms with Crippen molar-refractivity contribution in [3.63, 3.8) is 0 Å². The molecule has 0 aliphatic carbocycles. The number of fused-ring (bicyclic) bond motifs is 1. The number of aromatic nitrogens is 4. The fourth-order valence-corrected chi connectivity index (χ4v) is 4.96. The highest BCUT2D eigenvalue weighted by molar-refractivity contribution is 5.84. The zero-order valence-electron chi connectivity index (χ0n) is 27.0. The van der Waals surface area contributed by atoms with Crippen LogP contribution in [0.5, 0.6) is 5.75 Å². The average Bonchev–Trinajstić information content (AvgIpc) is 3.52. The maximum Gasteiger partial charge on any atom is 0.417 e. The molecule has 2 unspecified atom stereocenters. The quantitative estimate of drug-likeness (QED) is 0.126. The first kappa shape index (κ1) is 36.3. The highest BCUT2D eigenvalue weighted by Gasteiger charge is 2.36. The Bertz CT molecular complexity index is 1950. The van der Waals surface area contributed by atoms with Gasteiger partial charge in [-0.2, -0.15) is 18.3 Å². The first-order chi connectivity index (χ1) is 24.3. The minimum atomic E-state index is -4.78. The lowest BCUT2D eigenvalue weighted by molar-refractivity contribution is -0.152. The number of benzene rings is 2. The van der Waals surface area contributed by atoms with Gasteiger partial charge in [0.2, 0.25) is 5.91 Å². The highest BCUT2D eigenvalue weighted by atomic mass is 19.4. The molecule has 0 radical (unpaired) electrons. The molecule has 2 aromatic heterocycles. The van der Waals surface area contributed by atoms with Gasteiger partial charge in [-0.1, -0.05) is 13.0 Å². The van der Waals surface area contributed by atoms with Gasteiger partial charge < -0.3 is 24.9 Å².